The number of nitrogens with one attached hydrogen (secondary N) is 1. The van der Waals surface area contributed by atoms with Gasteiger partial charge >= 0.3 is 5.97 Å². The lowest BCUT2D eigenvalue weighted by Gasteiger charge is -2.71. The number of amides is 1. The molecule has 0 unspecified atom stereocenters. The van der Waals surface area contributed by atoms with E-state index in [9.17, 15) is 14.7 Å². The Kier molecular flexibility index (Phi) is 8.34. The van der Waals surface area contributed by atoms with Crippen LogP contribution >= 0.6 is 11.8 Å². The molecule has 4 fully saturated rings. The number of rotatable bonds is 6. The lowest BCUT2D eigenvalue weighted by molar-refractivity contribution is -0.203. The SMILES string of the molecule is COC(=O)[C@H](CCSC)NC(=O)[C@]12CCC(C)(C)C[C@H]1C1=CC[C@@H]3[C@@]4(C)CC[C@H](O)C(C)(C)[C@@H]4CC[C@@]3(C)[C@]1(C)CC2. The Morgan fingerprint density at radius 2 is 1.69 bits per heavy atom. The van der Waals surface area contributed by atoms with Crippen molar-refractivity contribution in [2.24, 2.45) is 50.2 Å². The fourth-order valence-corrected chi connectivity index (χ4v) is 12.0. The highest BCUT2D eigenvalue weighted by Crippen LogP contribution is 2.75. The van der Waals surface area contributed by atoms with Crippen LogP contribution in [0, 0.1) is 50.2 Å². The first-order valence-corrected chi connectivity index (χ1v) is 18.2. The smallest absolute Gasteiger partial charge is 0.328 e. The molecule has 0 bridgehead atoms. The third-order valence-corrected chi connectivity index (χ3v) is 15.1. The van der Waals surface area contributed by atoms with Crippen LogP contribution in [0.1, 0.15) is 119 Å². The van der Waals surface area contributed by atoms with E-state index in [0.717, 1.165) is 57.1 Å². The number of carbonyl (C=O) groups is 2. The second-order valence-corrected chi connectivity index (χ2v) is 18.1. The topological polar surface area (TPSA) is 75.6 Å². The third kappa shape index (κ3) is 4.65. The number of aliphatic hydroxyl groups is 1. The van der Waals surface area contributed by atoms with E-state index in [1.165, 1.54) is 20.0 Å². The van der Waals surface area contributed by atoms with Crippen molar-refractivity contribution in [3.63, 3.8) is 0 Å². The minimum atomic E-state index is -0.587. The lowest BCUT2D eigenvalue weighted by Crippen LogP contribution is -2.65. The Hall–Kier alpha value is -1.01. The van der Waals surface area contributed by atoms with Crippen LogP contribution in [0.15, 0.2) is 11.6 Å². The van der Waals surface area contributed by atoms with E-state index in [0.29, 0.717) is 18.3 Å². The van der Waals surface area contributed by atoms with Gasteiger partial charge in [0.25, 0.3) is 0 Å². The van der Waals surface area contributed by atoms with Crippen LogP contribution in [0.25, 0.3) is 0 Å². The number of hydrogen-bond acceptors (Lipinski definition) is 5. The average molecular weight is 602 g/mol. The summed E-state index contributed by atoms with van der Waals surface area (Å²) in [4.78, 5) is 27.2. The quantitative estimate of drug-likeness (QED) is 0.243. The van der Waals surface area contributed by atoms with Crippen molar-refractivity contribution in [2.75, 3.05) is 19.1 Å². The van der Waals surface area contributed by atoms with Crippen molar-refractivity contribution in [1.82, 2.24) is 5.32 Å². The monoisotopic (exact) mass is 601 g/mol. The summed E-state index contributed by atoms with van der Waals surface area (Å²) in [6.45, 7) is 17.1. The van der Waals surface area contributed by atoms with Gasteiger partial charge in [-0.2, -0.15) is 11.8 Å². The minimum Gasteiger partial charge on any atom is -0.467 e. The van der Waals surface area contributed by atoms with Gasteiger partial charge in [0.2, 0.25) is 5.91 Å². The van der Waals surface area contributed by atoms with E-state index in [1.54, 1.807) is 17.3 Å². The number of allylic oxidation sites excluding steroid dienone is 2. The van der Waals surface area contributed by atoms with Crippen molar-refractivity contribution in [2.45, 2.75) is 131 Å². The molecule has 0 aromatic heterocycles. The molecule has 9 atom stereocenters. The fraction of sp³-hybridized carbons (Fsp3) is 0.889. The second-order valence-electron chi connectivity index (χ2n) is 17.1. The van der Waals surface area contributed by atoms with Gasteiger partial charge in [-0.05, 0) is 127 Å². The second kappa shape index (κ2) is 10.8. The summed E-state index contributed by atoms with van der Waals surface area (Å²) in [7, 11) is 1.42. The van der Waals surface area contributed by atoms with Gasteiger partial charge in [-0.1, -0.05) is 60.1 Å². The van der Waals surface area contributed by atoms with Gasteiger partial charge in [0.15, 0.2) is 0 Å². The number of methoxy groups -OCH3 is 1. The Labute approximate surface area is 260 Å². The molecule has 0 aromatic carbocycles. The van der Waals surface area contributed by atoms with Crippen LogP contribution in [0.2, 0.25) is 0 Å². The molecule has 0 spiro atoms. The standard InChI is InChI=1S/C36H59NO4S/c1-31(2)17-19-36(30(40)37-25(14-21-42-9)29(39)41-8)20-18-34(6)23(24(36)22-31)10-11-27-33(5)15-13-28(38)32(3,4)26(33)12-16-35(27,34)7/h10,24-28,38H,11-22H2,1-9H3,(H,37,40)/t24-,25-,26-,27+,28-,33-,34+,35+,36-/m0/s1. The molecular formula is C36H59NO4S. The predicted octanol–water partition coefficient (Wildman–Crippen LogP) is 7.56. The van der Waals surface area contributed by atoms with Gasteiger partial charge in [-0.3, -0.25) is 4.79 Å². The molecule has 0 heterocycles. The van der Waals surface area contributed by atoms with Crippen molar-refractivity contribution < 1.29 is 19.4 Å². The first-order valence-electron chi connectivity index (χ1n) is 16.8. The summed E-state index contributed by atoms with van der Waals surface area (Å²) in [5.41, 5.74) is 1.63. The number of hydrogen-bond donors (Lipinski definition) is 2. The highest BCUT2D eigenvalue weighted by Gasteiger charge is 2.69. The van der Waals surface area contributed by atoms with Crippen LogP contribution in [-0.4, -0.2) is 48.2 Å². The maximum absolute atomic E-state index is 14.5. The zero-order chi connectivity index (χ0) is 30.9. The molecule has 4 saturated carbocycles. The Balaban J connectivity index is 1.53. The molecule has 0 saturated heterocycles. The van der Waals surface area contributed by atoms with E-state index in [4.69, 9.17) is 4.74 Å². The van der Waals surface area contributed by atoms with E-state index in [-0.39, 0.29) is 51.0 Å². The van der Waals surface area contributed by atoms with Crippen LogP contribution < -0.4 is 5.32 Å². The van der Waals surface area contributed by atoms with E-state index < -0.39 is 11.5 Å². The lowest BCUT2D eigenvalue weighted by atomic mass is 9.33. The van der Waals surface area contributed by atoms with Crippen LogP contribution in [0.3, 0.4) is 0 Å². The molecule has 5 aliphatic carbocycles. The Morgan fingerprint density at radius 1 is 1.00 bits per heavy atom. The first kappa shape index (κ1) is 32.4. The zero-order valence-electron chi connectivity index (χ0n) is 28.0. The third-order valence-electron chi connectivity index (χ3n) is 14.5. The van der Waals surface area contributed by atoms with Gasteiger partial charge in [0, 0.05) is 0 Å². The average Bonchev–Trinajstić information content (AvgIpc) is 2.92. The number of carbonyl (C=O) groups excluding carboxylic acids is 2. The Bertz CT molecular complexity index is 1120. The van der Waals surface area contributed by atoms with Gasteiger partial charge in [0.1, 0.15) is 6.04 Å². The fourth-order valence-electron chi connectivity index (χ4n) is 11.6. The maximum atomic E-state index is 14.5. The summed E-state index contributed by atoms with van der Waals surface area (Å²) < 4.78 is 5.12. The molecule has 0 aliphatic heterocycles. The van der Waals surface area contributed by atoms with E-state index in [2.05, 4.69) is 59.9 Å². The molecule has 238 valence electrons. The molecule has 42 heavy (non-hydrogen) atoms. The van der Waals surface area contributed by atoms with Gasteiger partial charge in [-0.15, -0.1) is 0 Å². The molecule has 5 nitrogen and oxygen atoms in total. The summed E-state index contributed by atoms with van der Waals surface area (Å²) in [5.74, 6) is 1.86. The highest BCUT2D eigenvalue weighted by molar-refractivity contribution is 7.98. The van der Waals surface area contributed by atoms with Crippen LogP contribution in [0.5, 0.6) is 0 Å². The van der Waals surface area contributed by atoms with E-state index in [1.807, 2.05) is 6.26 Å². The molecular weight excluding hydrogens is 542 g/mol. The van der Waals surface area contributed by atoms with Crippen molar-refractivity contribution in [3.05, 3.63) is 11.6 Å². The molecule has 6 heteroatoms. The number of aliphatic hydroxyl groups excluding tert-OH is 1. The van der Waals surface area contributed by atoms with Crippen molar-refractivity contribution in [3.8, 4) is 0 Å². The Morgan fingerprint density at radius 3 is 2.36 bits per heavy atom. The van der Waals surface area contributed by atoms with Gasteiger partial charge in [0.05, 0.1) is 18.6 Å². The van der Waals surface area contributed by atoms with Gasteiger partial charge < -0.3 is 15.2 Å². The first-order chi connectivity index (χ1) is 19.5. The molecule has 5 rings (SSSR count). The van der Waals surface area contributed by atoms with Crippen molar-refractivity contribution in [1.29, 1.82) is 0 Å². The largest absolute Gasteiger partial charge is 0.467 e. The molecule has 2 N–H and O–H groups in total. The molecule has 0 aromatic rings. The summed E-state index contributed by atoms with van der Waals surface area (Å²) in [6.07, 6.45) is 15.3. The number of esters is 1. The minimum absolute atomic E-state index is 0.0482. The predicted molar refractivity (Wildman–Crippen MR) is 172 cm³/mol. The summed E-state index contributed by atoms with van der Waals surface area (Å²) >= 11 is 1.69. The van der Waals surface area contributed by atoms with E-state index >= 15 is 0 Å². The van der Waals surface area contributed by atoms with Crippen LogP contribution in [-0.2, 0) is 14.3 Å². The molecule has 1 amide bonds. The van der Waals surface area contributed by atoms with Gasteiger partial charge in [-0.25, -0.2) is 4.79 Å². The highest BCUT2D eigenvalue weighted by atomic mass is 32.2. The molecule has 0 radical (unpaired) electrons. The molecule has 5 aliphatic rings. The normalized spacial score (nSPS) is 44.3. The number of thioether (sulfide) groups is 1. The number of fused-ring (bicyclic) bond motifs is 7. The van der Waals surface area contributed by atoms with Crippen molar-refractivity contribution >= 4 is 23.6 Å². The number of ether oxygens (including phenoxy) is 1. The van der Waals surface area contributed by atoms with Crippen LogP contribution in [0.4, 0.5) is 0 Å². The summed E-state index contributed by atoms with van der Waals surface area (Å²) in [6, 6.07) is -0.587. The maximum Gasteiger partial charge on any atom is 0.328 e. The zero-order valence-corrected chi connectivity index (χ0v) is 28.8. The summed E-state index contributed by atoms with van der Waals surface area (Å²) in [5, 5.41) is 14.3.